The summed E-state index contributed by atoms with van der Waals surface area (Å²) in [5.74, 6) is -1.59. The number of ketones is 1. The Hall–Kier alpha value is -2.75. The molecule has 0 aliphatic heterocycles. The molecule has 0 unspecified atom stereocenters. The van der Waals surface area contributed by atoms with Crippen LogP contribution in [0.3, 0.4) is 0 Å². The number of hydrazone groups is 1. The highest BCUT2D eigenvalue weighted by molar-refractivity contribution is 6.45. The number of Topliss-reactive ketones (excluding diaryl/α,β-unsaturated/α-hetero) is 1. The molecule has 0 amide bonds. The fourth-order valence-electron chi connectivity index (χ4n) is 1.19. The highest BCUT2D eigenvalue weighted by Crippen LogP contribution is 2.20. The summed E-state index contributed by atoms with van der Waals surface area (Å²) in [6.45, 7) is 1.28. The van der Waals surface area contributed by atoms with Gasteiger partial charge in [-0.25, -0.2) is 4.39 Å². The van der Waals surface area contributed by atoms with Crippen molar-refractivity contribution in [1.29, 1.82) is 10.7 Å². The van der Waals surface area contributed by atoms with Crippen molar-refractivity contribution in [2.75, 3.05) is 5.43 Å². The number of benzene rings is 1. The predicted molar refractivity (Wildman–Crippen MR) is 65.0 cm³/mol. The molecule has 0 bridgehead atoms. The maximum absolute atomic E-state index is 13.5. The largest absolute Gasteiger partial charge is 0.382 e. The lowest BCUT2D eigenvalue weighted by Gasteiger charge is -2.07. The number of hydrogen-bond acceptors (Lipinski definition) is 5. The maximum atomic E-state index is 13.5. The maximum Gasteiger partial charge on any atom is 0.201 e. The van der Waals surface area contributed by atoms with E-state index >= 15 is 0 Å². The third-order valence-electron chi connectivity index (χ3n) is 2.03. The van der Waals surface area contributed by atoms with Crippen molar-refractivity contribution >= 4 is 23.0 Å². The summed E-state index contributed by atoms with van der Waals surface area (Å²) >= 11 is 0. The van der Waals surface area contributed by atoms with E-state index in [1.807, 2.05) is 0 Å². The summed E-state index contributed by atoms with van der Waals surface area (Å²) in [4.78, 5) is 11.3. The van der Waals surface area contributed by atoms with Crippen LogP contribution in [0.25, 0.3) is 0 Å². The van der Waals surface area contributed by atoms with Crippen LogP contribution in [0.15, 0.2) is 23.3 Å². The number of halogens is 1. The van der Waals surface area contributed by atoms with Crippen LogP contribution >= 0.6 is 0 Å². The van der Waals surface area contributed by atoms with Crippen LogP contribution in [0.5, 0.6) is 0 Å². The smallest absolute Gasteiger partial charge is 0.201 e. The van der Waals surface area contributed by atoms with E-state index in [-0.39, 0.29) is 17.0 Å². The van der Waals surface area contributed by atoms with E-state index in [2.05, 4.69) is 10.5 Å². The molecule has 1 aromatic rings. The number of amidine groups is 1. The van der Waals surface area contributed by atoms with E-state index < -0.39 is 17.4 Å². The molecule has 0 aromatic heterocycles. The summed E-state index contributed by atoms with van der Waals surface area (Å²) in [5, 5.41) is 19.1. The van der Waals surface area contributed by atoms with Crippen LogP contribution in [0.1, 0.15) is 17.3 Å². The number of nitrogens with one attached hydrogen (secondary N) is 2. The number of nitrogens with zero attached hydrogens (tertiary/aromatic N) is 2. The fourth-order valence-corrected chi connectivity index (χ4v) is 1.19. The van der Waals surface area contributed by atoms with E-state index in [9.17, 15) is 9.18 Å². The Labute approximate surface area is 102 Å². The molecular weight excluding hydrogens is 237 g/mol. The Morgan fingerprint density at radius 2 is 2.28 bits per heavy atom. The second-order valence-electron chi connectivity index (χ2n) is 3.32. The lowest BCUT2D eigenvalue weighted by Crippen LogP contribution is -2.22. The fraction of sp³-hybridized carbons (Fsp3) is 0.0909. The Kier molecular flexibility index (Phi) is 4.10. The molecule has 0 saturated heterocycles. The van der Waals surface area contributed by atoms with Gasteiger partial charge in [0.15, 0.2) is 11.6 Å². The van der Waals surface area contributed by atoms with Gasteiger partial charge in [0, 0.05) is 5.56 Å². The van der Waals surface area contributed by atoms with Gasteiger partial charge in [0.2, 0.25) is 5.71 Å². The Bertz CT molecular complexity index is 573. The Morgan fingerprint density at radius 1 is 1.61 bits per heavy atom. The first-order valence-corrected chi connectivity index (χ1v) is 4.85. The number of rotatable bonds is 4. The summed E-state index contributed by atoms with van der Waals surface area (Å²) in [5.41, 5.74) is 6.87. The van der Waals surface area contributed by atoms with Crippen LogP contribution in [0.2, 0.25) is 0 Å². The van der Waals surface area contributed by atoms with Crippen molar-refractivity contribution in [2.24, 2.45) is 10.8 Å². The molecular formula is C11H10FN5O. The number of para-hydroxylation sites is 1. The molecule has 1 aromatic carbocycles. The third-order valence-corrected chi connectivity index (χ3v) is 2.03. The van der Waals surface area contributed by atoms with Gasteiger partial charge in [0.05, 0.1) is 0 Å². The summed E-state index contributed by atoms with van der Waals surface area (Å²) in [7, 11) is 0. The number of nitriles is 1. The third kappa shape index (κ3) is 2.89. The molecule has 0 aliphatic rings. The molecule has 6 nitrogen and oxygen atoms in total. The zero-order chi connectivity index (χ0) is 13.7. The predicted octanol–water partition coefficient (Wildman–Crippen LogP) is 1.26. The first kappa shape index (κ1) is 13.3. The van der Waals surface area contributed by atoms with E-state index in [1.54, 1.807) is 6.07 Å². The van der Waals surface area contributed by atoms with Crippen molar-refractivity contribution in [1.82, 2.24) is 0 Å². The minimum atomic E-state index is -0.688. The molecule has 4 N–H and O–H groups in total. The number of anilines is 1. The molecule has 18 heavy (non-hydrogen) atoms. The monoisotopic (exact) mass is 247 g/mol. The molecule has 0 radical (unpaired) electrons. The number of carbonyl (C=O) groups excluding carboxylic acids is 1. The summed E-state index contributed by atoms with van der Waals surface area (Å²) in [6.07, 6.45) is 0. The minimum absolute atomic E-state index is 0.0968. The molecule has 1 rings (SSSR count). The molecule has 92 valence electrons. The first-order valence-electron chi connectivity index (χ1n) is 4.85. The van der Waals surface area contributed by atoms with Crippen LogP contribution < -0.4 is 11.2 Å². The average Bonchev–Trinajstić information content (AvgIpc) is 2.30. The lowest BCUT2D eigenvalue weighted by atomic mass is 10.1. The van der Waals surface area contributed by atoms with Gasteiger partial charge in [-0.3, -0.25) is 15.6 Å². The van der Waals surface area contributed by atoms with Gasteiger partial charge < -0.3 is 5.73 Å². The van der Waals surface area contributed by atoms with E-state index in [0.717, 1.165) is 6.07 Å². The molecule has 0 atom stereocenters. The average molecular weight is 247 g/mol. The van der Waals surface area contributed by atoms with Crippen molar-refractivity contribution < 1.29 is 9.18 Å². The first-order chi connectivity index (χ1) is 8.47. The minimum Gasteiger partial charge on any atom is -0.382 e. The highest BCUT2D eigenvalue weighted by Gasteiger charge is 2.12. The van der Waals surface area contributed by atoms with Gasteiger partial charge in [0.1, 0.15) is 17.6 Å². The normalized spacial score (nSPS) is 10.6. The lowest BCUT2D eigenvalue weighted by molar-refractivity contribution is 0.101. The number of nitrogens with two attached hydrogens (primary N) is 1. The molecule has 7 heteroatoms. The van der Waals surface area contributed by atoms with Gasteiger partial charge in [0.25, 0.3) is 0 Å². The van der Waals surface area contributed by atoms with Gasteiger partial charge in [-0.15, -0.1) is 0 Å². The van der Waals surface area contributed by atoms with E-state index in [0.29, 0.717) is 0 Å². The van der Waals surface area contributed by atoms with Crippen LogP contribution in [-0.2, 0) is 0 Å². The standard InChI is InChI=1S/C11H10FN5O/c1-6(18)7-3-2-4-8(12)10(7)17-16-9(5-13)11(14)15/h2-4,17H,1H3,(H3,14,15)/b16-9+. The molecule has 0 spiro atoms. The van der Waals surface area contributed by atoms with Crippen molar-refractivity contribution in [3.63, 3.8) is 0 Å². The molecule has 0 aliphatic carbocycles. The second kappa shape index (κ2) is 5.54. The zero-order valence-corrected chi connectivity index (χ0v) is 9.49. The SMILES string of the molecule is CC(=O)c1cccc(F)c1N/N=C(\C#N)C(=N)N. The van der Waals surface area contributed by atoms with E-state index in [4.69, 9.17) is 16.4 Å². The number of carbonyl (C=O) groups is 1. The van der Waals surface area contributed by atoms with Gasteiger partial charge >= 0.3 is 0 Å². The van der Waals surface area contributed by atoms with E-state index in [1.165, 1.54) is 19.1 Å². The zero-order valence-electron chi connectivity index (χ0n) is 9.49. The van der Waals surface area contributed by atoms with Crippen molar-refractivity contribution in [2.45, 2.75) is 6.92 Å². The Balaban J connectivity index is 3.16. The van der Waals surface area contributed by atoms with Crippen LogP contribution in [0, 0.1) is 22.6 Å². The highest BCUT2D eigenvalue weighted by atomic mass is 19.1. The summed E-state index contributed by atoms with van der Waals surface area (Å²) in [6, 6.07) is 5.52. The van der Waals surface area contributed by atoms with Gasteiger partial charge in [-0.1, -0.05) is 6.07 Å². The number of hydrogen-bond donors (Lipinski definition) is 3. The summed E-state index contributed by atoms with van der Waals surface area (Å²) < 4.78 is 13.5. The van der Waals surface area contributed by atoms with Crippen molar-refractivity contribution in [3.8, 4) is 6.07 Å². The topological polar surface area (TPSA) is 115 Å². The second-order valence-corrected chi connectivity index (χ2v) is 3.32. The molecule has 0 fully saturated rings. The molecule has 0 saturated carbocycles. The van der Waals surface area contributed by atoms with Crippen LogP contribution in [0.4, 0.5) is 10.1 Å². The Morgan fingerprint density at radius 3 is 2.78 bits per heavy atom. The van der Waals surface area contributed by atoms with Gasteiger partial charge in [-0.2, -0.15) is 10.4 Å². The van der Waals surface area contributed by atoms with Crippen molar-refractivity contribution in [3.05, 3.63) is 29.6 Å². The van der Waals surface area contributed by atoms with Gasteiger partial charge in [-0.05, 0) is 19.1 Å². The molecule has 0 heterocycles. The van der Waals surface area contributed by atoms with Crippen LogP contribution in [-0.4, -0.2) is 17.3 Å². The quantitative estimate of drug-likeness (QED) is 0.321.